The van der Waals surface area contributed by atoms with Crippen molar-refractivity contribution in [1.82, 2.24) is 4.90 Å². The van der Waals surface area contributed by atoms with Crippen molar-refractivity contribution in [2.45, 2.75) is 50.7 Å². The monoisotopic (exact) mass is 384 g/mol. The summed E-state index contributed by atoms with van der Waals surface area (Å²) in [5, 5.41) is 0. The number of amides is 1. The lowest BCUT2D eigenvalue weighted by atomic mass is 9.56. The number of benzene rings is 1. The van der Waals surface area contributed by atoms with Crippen molar-refractivity contribution >= 4 is 29.2 Å². The maximum Gasteiger partial charge on any atom is 0.410 e. The Kier molecular flexibility index (Phi) is 4.10. The second kappa shape index (κ2) is 6.15. The molecule has 2 heterocycles. The Balaban J connectivity index is 1.81. The number of para-hydroxylation sites is 1. The Hall–Kier alpha value is -2.70. The van der Waals surface area contributed by atoms with Gasteiger partial charge in [0.25, 0.3) is 0 Å². The van der Waals surface area contributed by atoms with Crippen molar-refractivity contribution in [3.05, 3.63) is 29.8 Å². The number of esters is 1. The fourth-order valence-electron chi connectivity index (χ4n) is 4.78. The highest BCUT2D eigenvalue weighted by Crippen LogP contribution is 2.54. The minimum absolute atomic E-state index is 0.0353. The van der Waals surface area contributed by atoms with Crippen molar-refractivity contribution in [3.63, 3.8) is 0 Å². The molecule has 0 spiro atoms. The van der Waals surface area contributed by atoms with E-state index in [9.17, 15) is 14.4 Å². The summed E-state index contributed by atoms with van der Waals surface area (Å²) in [6, 6.07) is 7.04. The molecule has 2 fully saturated rings. The van der Waals surface area contributed by atoms with E-state index in [0.29, 0.717) is 18.7 Å². The van der Waals surface area contributed by atoms with Gasteiger partial charge in [-0.3, -0.25) is 19.5 Å². The van der Waals surface area contributed by atoms with E-state index in [1.165, 1.54) is 7.11 Å². The van der Waals surface area contributed by atoms with E-state index < -0.39 is 35.0 Å². The van der Waals surface area contributed by atoms with Crippen molar-refractivity contribution < 1.29 is 23.9 Å². The van der Waals surface area contributed by atoms with Crippen molar-refractivity contribution in [3.8, 4) is 0 Å². The molecule has 7 heteroatoms. The van der Waals surface area contributed by atoms with Crippen LogP contribution in [0.5, 0.6) is 0 Å². The molecule has 7 nitrogen and oxygen atoms in total. The average Bonchev–Trinajstić information content (AvgIpc) is 2.96. The minimum atomic E-state index is -0.933. The van der Waals surface area contributed by atoms with E-state index in [1.807, 2.05) is 24.3 Å². The number of methoxy groups -OCH3 is 1. The van der Waals surface area contributed by atoms with Gasteiger partial charge in [0.15, 0.2) is 5.78 Å². The van der Waals surface area contributed by atoms with Crippen LogP contribution < -0.4 is 0 Å². The summed E-state index contributed by atoms with van der Waals surface area (Å²) in [7, 11) is 1.30. The highest BCUT2D eigenvalue weighted by molar-refractivity contribution is 6.19. The number of carbonyl (C=O) groups excluding carboxylic acids is 3. The van der Waals surface area contributed by atoms with Crippen molar-refractivity contribution in [2.24, 2.45) is 10.9 Å². The molecule has 28 heavy (non-hydrogen) atoms. The van der Waals surface area contributed by atoms with Crippen LogP contribution in [-0.4, -0.2) is 53.8 Å². The summed E-state index contributed by atoms with van der Waals surface area (Å²) >= 11 is 0. The third-order valence-corrected chi connectivity index (χ3v) is 5.80. The number of likely N-dealkylation sites (tertiary alicyclic amines) is 1. The standard InChI is InChI=1S/C21H24N2O5/c1-20(2,3)28-19(26)23-10-9-21-12-7-5-6-8-13(12)22-17(21)14(23)11-15(24)16(21)18(25)27-4/h5-8,14,16H,9-11H2,1-4H3/t14-,16?,21+/m1/s1. The van der Waals surface area contributed by atoms with Gasteiger partial charge in [-0.1, -0.05) is 18.2 Å². The zero-order valence-corrected chi connectivity index (χ0v) is 16.5. The summed E-state index contributed by atoms with van der Waals surface area (Å²) in [5.74, 6) is -1.70. The number of hydrogen-bond acceptors (Lipinski definition) is 6. The third kappa shape index (κ3) is 2.56. The van der Waals surface area contributed by atoms with E-state index in [-0.39, 0.29) is 12.2 Å². The lowest BCUT2D eigenvalue weighted by Crippen LogP contribution is -2.67. The number of hydrogen-bond donors (Lipinski definition) is 0. The van der Waals surface area contributed by atoms with Crippen LogP contribution in [0, 0.1) is 5.92 Å². The van der Waals surface area contributed by atoms with Crippen LogP contribution in [0.4, 0.5) is 10.5 Å². The zero-order chi connectivity index (χ0) is 20.3. The van der Waals surface area contributed by atoms with Crippen LogP contribution in [-0.2, 0) is 24.5 Å². The van der Waals surface area contributed by atoms with Gasteiger partial charge in [0, 0.05) is 13.0 Å². The van der Waals surface area contributed by atoms with Gasteiger partial charge in [-0.15, -0.1) is 0 Å². The van der Waals surface area contributed by atoms with Crippen LogP contribution in [0.15, 0.2) is 29.3 Å². The highest BCUT2D eigenvalue weighted by Gasteiger charge is 2.64. The summed E-state index contributed by atoms with van der Waals surface area (Å²) in [4.78, 5) is 44.9. The number of piperidine rings is 1. The molecule has 1 saturated carbocycles. The normalized spacial score (nSPS) is 28.2. The summed E-state index contributed by atoms with van der Waals surface area (Å²) < 4.78 is 10.5. The Morgan fingerprint density at radius 2 is 1.96 bits per heavy atom. The zero-order valence-electron chi connectivity index (χ0n) is 16.5. The molecule has 1 saturated heterocycles. The van der Waals surface area contributed by atoms with E-state index in [0.717, 1.165) is 11.3 Å². The van der Waals surface area contributed by atoms with Gasteiger partial charge >= 0.3 is 12.1 Å². The largest absolute Gasteiger partial charge is 0.468 e. The molecule has 0 aromatic heterocycles. The molecule has 1 unspecified atom stereocenters. The molecule has 1 amide bonds. The molecule has 1 aliphatic carbocycles. The van der Waals surface area contributed by atoms with E-state index in [2.05, 4.69) is 0 Å². The molecule has 3 atom stereocenters. The van der Waals surface area contributed by atoms with Gasteiger partial charge in [-0.25, -0.2) is 4.79 Å². The predicted molar refractivity (Wildman–Crippen MR) is 102 cm³/mol. The van der Waals surface area contributed by atoms with Crippen LogP contribution in [0.25, 0.3) is 0 Å². The van der Waals surface area contributed by atoms with E-state index in [1.54, 1.807) is 25.7 Å². The maximum atomic E-state index is 13.1. The lowest BCUT2D eigenvalue weighted by Gasteiger charge is -2.51. The quantitative estimate of drug-likeness (QED) is 0.549. The number of fused-ring (bicyclic) bond motifs is 1. The van der Waals surface area contributed by atoms with Crippen molar-refractivity contribution in [1.29, 1.82) is 0 Å². The van der Waals surface area contributed by atoms with Crippen LogP contribution in [0.1, 0.15) is 39.2 Å². The summed E-state index contributed by atoms with van der Waals surface area (Å²) in [6.45, 7) is 5.80. The smallest absolute Gasteiger partial charge is 0.410 e. The second-order valence-electron chi connectivity index (χ2n) is 8.55. The van der Waals surface area contributed by atoms with Gasteiger partial charge < -0.3 is 9.47 Å². The van der Waals surface area contributed by atoms with E-state index in [4.69, 9.17) is 14.5 Å². The Morgan fingerprint density at radius 3 is 2.64 bits per heavy atom. The van der Waals surface area contributed by atoms with Gasteiger partial charge in [0.05, 0.1) is 30.0 Å². The molecule has 0 N–H and O–H groups in total. The predicted octanol–water partition coefficient (Wildman–Crippen LogP) is 2.78. The number of Topliss-reactive ketones (excluding diaryl/α,β-unsaturated/α-hetero) is 1. The molecule has 148 valence electrons. The average molecular weight is 384 g/mol. The molecular weight excluding hydrogens is 360 g/mol. The fraction of sp³-hybridized carbons (Fsp3) is 0.524. The topological polar surface area (TPSA) is 85.3 Å². The molecule has 3 aliphatic rings. The SMILES string of the molecule is COC(=O)C1C(=O)C[C@@H]2C3=Nc4ccccc4[C@]31CCN2C(=O)OC(C)(C)C. The second-order valence-corrected chi connectivity index (χ2v) is 8.55. The fourth-order valence-corrected chi connectivity index (χ4v) is 4.78. The molecule has 1 aromatic carbocycles. The van der Waals surface area contributed by atoms with Crippen molar-refractivity contribution in [2.75, 3.05) is 13.7 Å². The molecular formula is C21H24N2O5. The van der Waals surface area contributed by atoms with Gasteiger partial charge in [0.1, 0.15) is 11.5 Å². The van der Waals surface area contributed by atoms with Crippen LogP contribution in [0.2, 0.25) is 0 Å². The molecule has 2 bridgehead atoms. The molecule has 2 aliphatic heterocycles. The number of carbonyl (C=O) groups is 3. The first-order valence-electron chi connectivity index (χ1n) is 9.48. The first-order valence-corrected chi connectivity index (χ1v) is 9.48. The number of ether oxygens (including phenoxy) is 2. The number of aliphatic imine (C=N–C) groups is 1. The number of nitrogens with zero attached hydrogens (tertiary/aromatic N) is 2. The first kappa shape index (κ1) is 18.7. The third-order valence-electron chi connectivity index (χ3n) is 5.80. The Bertz CT molecular complexity index is 900. The van der Waals surface area contributed by atoms with Gasteiger partial charge in [-0.2, -0.15) is 0 Å². The Labute approximate surface area is 163 Å². The van der Waals surface area contributed by atoms with E-state index >= 15 is 0 Å². The number of ketones is 1. The molecule has 4 rings (SSSR count). The number of rotatable bonds is 1. The van der Waals surface area contributed by atoms with Crippen LogP contribution >= 0.6 is 0 Å². The summed E-state index contributed by atoms with van der Waals surface area (Å²) in [5.41, 5.74) is 0.821. The van der Waals surface area contributed by atoms with Gasteiger partial charge in [-0.05, 0) is 38.8 Å². The molecule has 0 radical (unpaired) electrons. The van der Waals surface area contributed by atoms with Crippen LogP contribution in [0.3, 0.4) is 0 Å². The lowest BCUT2D eigenvalue weighted by molar-refractivity contribution is -0.153. The Morgan fingerprint density at radius 1 is 1.25 bits per heavy atom. The minimum Gasteiger partial charge on any atom is -0.468 e. The molecule has 1 aromatic rings. The van der Waals surface area contributed by atoms with Gasteiger partial charge in [0.2, 0.25) is 0 Å². The summed E-state index contributed by atoms with van der Waals surface area (Å²) in [6.07, 6.45) is -0.00779. The first-order chi connectivity index (χ1) is 13.2. The highest BCUT2D eigenvalue weighted by atomic mass is 16.6. The maximum absolute atomic E-state index is 13.1.